The number of hydrogen-bond acceptors (Lipinski definition) is 8. The van der Waals surface area contributed by atoms with Crippen molar-refractivity contribution in [1.29, 1.82) is 0 Å². The molecule has 0 saturated heterocycles. The van der Waals surface area contributed by atoms with Gasteiger partial charge in [-0.15, -0.1) is 0 Å². The van der Waals surface area contributed by atoms with E-state index in [-0.39, 0.29) is 41.9 Å². The van der Waals surface area contributed by atoms with E-state index in [1.165, 1.54) is 6.07 Å². The number of phenolic OH excluding ortho intramolecular Hbond substituents is 2. The fourth-order valence-corrected chi connectivity index (χ4v) is 5.91. The van der Waals surface area contributed by atoms with E-state index in [0.29, 0.717) is 18.4 Å². The quantitative estimate of drug-likeness (QED) is 0.351. The normalized spacial score (nSPS) is 25.4. The van der Waals surface area contributed by atoms with Gasteiger partial charge in [-0.1, -0.05) is 18.2 Å². The Morgan fingerprint density at radius 2 is 1.78 bits per heavy atom. The Hall–Kier alpha value is -4.11. The first-order valence-corrected chi connectivity index (χ1v) is 11.6. The third kappa shape index (κ3) is 3.38. The van der Waals surface area contributed by atoms with Crippen LogP contribution in [0.2, 0.25) is 0 Å². The molecular formula is C27H25NO8. The van der Waals surface area contributed by atoms with Crippen molar-refractivity contribution in [1.82, 2.24) is 0 Å². The number of fused-ring (bicyclic) bond motifs is 3. The number of rotatable bonds is 4. The van der Waals surface area contributed by atoms with Crippen LogP contribution in [0, 0.1) is 11.8 Å². The number of aromatic hydroxyl groups is 2. The summed E-state index contributed by atoms with van der Waals surface area (Å²) in [5, 5.41) is 53.4. The summed E-state index contributed by atoms with van der Waals surface area (Å²) in [6.07, 6.45) is 1.11. The van der Waals surface area contributed by atoms with Crippen LogP contribution in [0.15, 0.2) is 53.3 Å². The summed E-state index contributed by atoms with van der Waals surface area (Å²) in [4.78, 5) is 37.7. The fraction of sp³-hybridized carbons (Fsp3) is 0.296. The molecule has 1 amide bonds. The van der Waals surface area contributed by atoms with Crippen LogP contribution in [0.25, 0.3) is 5.76 Å². The number of carbonyl (C=O) groups excluding carboxylic acids is 3. The summed E-state index contributed by atoms with van der Waals surface area (Å²) < 4.78 is 0. The van der Waals surface area contributed by atoms with Crippen LogP contribution >= 0.6 is 0 Å². The fourth-order valence-electron chi connectivity index (χ4n) is 5.91. The first-order valence-electron chi connectivity index (χ1n) is 11.6. The van der Waals surface area contributed by atoms with Crippen molar-refractivity contribution in [3.8, 4) is 11.5 Å². The average Bonchev–Trinajstić information content (AvgIpc) is 2.80. The Morgan fingerprint density at radius 1 is 1.03 bits per heavy atom. The highest BCUT2D eigenvalue weighted by molar-refractivity contribution is 6.22. The molecule has 2 aromatic rings. The summed E-state index contributed by atoms with van der Waals surface area (Å²) >= 11 is 0. The summed E-state index contributed by atoms with van der Waals surface area (Å²) in [6.45, 7) is 0. The van der Waals surface area contributed by atoms with Gasteiger partial charge in [0.1, 0.15) is 28.6 Å². The van der Waals surface area contributed by atoms with E-state index in [2.05, 4.69) is 0 Å². The van der Waals surface area contributed by atoms with Crippen molar-refractivity contribution in [2.24, 2.45) is 17.6 Å². The molecule has 0 spiro atoms. The first-order chi connectivity index (χ1) is 17.0. The molecule has 1 fully saturated rings. The third-order valence-corrected chi connectivity index (χ3v) is 7.64. The number of aliphatic hydroxyl groups is 3. The van der Waals surface area contributed by atoms with Crippen molar-refractivity contribution in [2.75, 3.05) is 0 Å². The van der Waals surface area contributed by atoms with Crippen LogP contribution in [0.1, 0.15) is 35.1 Å². The van der Waals surface area contributed by atoms with Gasteiger partial charge in [-0.05, 0) is 66.5 Å². The lowest BCUT2D eigenvalue weighted by Crippen LogP contribution is -2.58. The van der Waals surface area contributed by atoms with E-state index >= 15 is 0 Å². The minimum absolute atomic E-state index is 0.0792. The van der Waals surface area contributed by atoms with Gasteiger partial charge in [0.25, 0.3) is 5.91 Å². The summed E-state index contributed by atoms with van der Waals surface area (Å²) in [5.41, 5.74) is 4.13. The molecule has 9 nitrogen and oxygen atoms in total. The smallest absolute Gasteiger partial charge is 0.255 e. The number of ketones is 2. The number of primary amides is 1. The third-order valence-electron chi connectivity index (χ3n) is 7.64. The molecule has 0 radical (unpaired) electrons. The van der Waals surface area contributed by atoms with Gasteiger partial charge in [-0.3, -0.25) is 14.4 Å². The lowest BCUT2D eigenvalue weighted by molar-refractivity contribution is -0.147. The number of carbonyl (C=O) groups is 3. The van der Waals surface area contributed by atoms with Gasteiger partial charge in [0.2, 0.25) is 5.78 Å². The topological polar surface area (TPSA) is 178 Å². The Labute approximate surface area is 205 Å². The first kappa shape index (κ1) is 23.6. The number of amides is 1. The van der Waals surface area contributed by atoms with Gasteiger partial charge in [-0.2, -0.15) is 0 Å². The molecule has 9 heteroatoms. The SMILES string of the molecule is NC(=O)C1=C(O)[C@@]2(O)C(=O)C3=C(O)c4c(O)ccc(CCc5cccc(O)c5)c4C[C@H]3C[C@H]2CC1=O. The molecule has 36 heavy (non-hydrogen) atoms. The van der Waals surface area contributed by atoms with Gasteiger partial charge in [0, 0.05) is 17.9 Å². The Bertz CT molecular complexity index is 1400. The molecule has 3 atom stereocenters. The lowest BCUT2D eigenvalue weighted by Gasteiger charge is -2.46. The lowest BCUT2D eigenvalue weighted by atomic mass is 9.59. The maximum atomic E-state index is 13.5. The molecule has 186 valence electrons. The Morgan fingerprint density at radius 3 is 2.47 bits per heavy atom. The van der Waals surface area contributed by atoms with Gasteiger partial charge < -0.3 is 31.3 Å². The maximum Gasteiger partial charge on any atom is 0.255 e. The molecule has 0 aromatic heterocycles. The molecule has 0 unspecified atom stereocenters. The molecule has 3 aliphatic carbocycles. The van der Waals surface area contributed by atoms with Crippen molar-refractivity contribution >= 4 is 23.2 Å². The second kappa shape index (κ2) is 8.23. The monoisotopic (exact) mass is 491 g/mol. The largest absolute Gasteiger partial charge is 0.508 e. The highest BCUT2D eigenvalue weighted by Gasteiger charge is 2.60. The number of nitrogens with two attached hydrogens (primary N) is 1. The standard InChI is InChI=1S/C27H25NO8/c28-26(35)22-19(31)11-15-9-14-10-17-13(5-4-12-2-1-3-16(29)8-12)6-7-18(30)21(17)23(32)20(14)24(33)27(15,36)25(22)34/h1-3,6-8,14-15,29-30,32,34,36H,4-5,9-11H2,(H2,28,35)/t14-,15+,27+/m1/s1. The number of aliphatic hydroxyl groups excluding tert-OH is 2. The number of aryl methyl sites for hydroxylation is 2. The van der Waals surface area contributed by atoms with E-state index in [1.807, 2.05) is 6.07 Å². The van der Waals surface area contributed by atoms with E-state index < -0.39 is 52.0 Å². The zero-order chi connectivity index (χ0) is 25.9. The number of benzene rings is 2. The van der Waals surface area contributed by atoms with Crippen LogP contribution in [-0.2, 0) is 33.6 Å². The predicted molar refractivity (Wildman–Crippen MR) is 127 cm³/mol. The van der Waals surface area contributed by atoms with Gasteiger partial charge in [0.05, 0.1) is 5.56 Å². The van der Waals surface area contributed by atoms with Crippen molar-refractivity contribution < 1.29 is 39.9 Å². The summed E-state index contributed by atoms with van der Waals surface area (Å²) in [7, 11) is 0. The van der Waals surface area contributed by atoms with Gasteiger partial charge >= 0.3 is 0 Å². The molecule has 5 rings (SSSR count). The van der Waals surface area contributed by atoms with E-state index in [9.17, 15) is 39.9 Å². The van der Waals surface area contributed by atoms with Crippen LogP contribution in [0.5, 0.6) is 11.5 Å². The second-order valence-electron chi connectivity index (χ2n) is 9.67. The zero-order valence-electron chi connectivity index (χ0n) is 19.2. The highest BCUT2D eigenvalue weighted by atomic mass is 16.3. The van der Waals surface area contributed by atoms with Crippen molar-refractivity contribution in [2.45, 2.75) is 37.7 Å². The minimum atomic E-state index is -2.57. The van der Waals surface area contributed by atoms with Crippen LogP contribution in [-0.4, -0.2) is 48.6 Å². The predicted octanol–water partition coefficient (Wildman–Crippen LogP) is 1.91. The highest BCUT2D eigenvalue weighted by Crippen LogP contribution is 2.52. The molecule has 7 N–H and O–H groups in total. The van der Waals surface area contributed by atoms with E-state index in [1.54, 1.807) is 24.3 Å². The molecular weight excluding hydrogens is 466 g/mol. The number of Topliss-reactive ketones (excluding diaryl/α,β-unsaturated/α-hetero) is 2. The van der Waals surface area contributed by atoms with Gasteiger partial charge in [0.15, 0.2) is 11.4 Å². The molecule has 0 heterocycles. The van der Waals surface area contributed by atoms with Crippen LogP contribution in [0.3, 0.4) is 0 Å². The minimum Gasteiger partial charge on any atom is -0.508 e. The zero-order valence-corrected chi connectivity index (χ0v) is 19.2. The molecule has 0 aliphatic heterocycles. The molecule has 2 aromatic carbocycles. The average molecular weight is 491 g/mol. The maximum absolute atomic E-state index is 13.5. The van der Waals surface area contributed by atoms with Crippen molar-refractivity contribution in [3.05, 3.63) is 75.6 Å². The van der Waals surface area contributed by atoms with Crippen molar-refractivity contribution in [3.63, 3.8) is 0 Å². The summed E-state index contributed by atoms with van der Waals surface area (Å²) in [5.74, 6) is -6.27. The van der Waals surface area contributed by atoms with Gasteiger partial charge in [-0.25, -0.2) is 0 Å². The molecule has 0 bridgehead atoms. The van der Waals surface area contributed by atoms with E-state index in [4.69, 9.17) is 5.73 Å². The van der Waals surface area contributed by atoms with Crippen LogP contribution < -0.4 is 5.73 Å². The summed E-state index contributed by atoms with van der Waals surface area (Å²) in [6, 6.07) is 10.0. The second-order valence-corrected chi connectivity index (χ2v) is 9.67. The van der Waals surface area contributed by atoms with Crippen LogP contribution in [0.4, 0.5) is 0 Å². The Balaban J connectivity index is 1.58. The molecule has 1 saturated carbocycles. The molecule has 3 aliphatic rings. The Kier molecular flexibility index (Phi) is 5.40. The number of hydrogen-bond donors (Lipinski definition) is 6. The van der Waals surface area contributed by atoms with E-state index in [0.717, 1.165) is 11.1 Å². The number of phenols is 2.